The van der Waals surface area contributed by atoms with Gasteiger partial charge in [-0.3, -0.25) is 4.79 Å². The number of ether oxygens (including phenoxy) is 1. The molecule has 1 aromatic carbocycles. The van der Waals surface area contributed by atoms with Gasteiger partial charge in [0.25, 0.3) is 0 Å². The number of hydrogen-bond acceptors (Lipinski definition) is 3. The van der Waals surface area contributed by atoms with Crippen LogP contribution in [0.3, 0.4) is 0 Å². The molecule has 0 amide bonds. The van der Waals surface area contributed by atoms with Crippen LogP contribution >= 0.6 is 0 Å². The Morgan fingerprint density at radius 1 is 1.32 bits per heavy atom. The largest absolute Gasteiger partial charge is 0.490 e. The summed E-state index contributed by atoms with van der Waals surface area (Å²) in [5.74, 6) is 0.856. The maximum Gasteiger partial charge on any atom is 0.303 e. The first-order valence-corrected chi connectivity index (χ1v) is 8.29. The molecule has 1 unspecified atom stereocenters. The molecule has 3 rings (SSSR count). The van der Waals surface area contributed by atoms with Gasteiger partial charge in [0.1, 0.15) is 11.9 Å². The van der Waals surface area contributed by atoms with Crippen molar-refractivity contribution in [3.8, 4) is 5.75 Å². The molecule has 1 heterocycles. The number of rotatable bonds is 6. The summed E-state index contributed by atoms with van der Waals surface area (Å²) in [7, 11) is 2.14. The fraction of sp³-hybridized carbons (Fsp3) is 0.611. The summed E-state index contributed by atoms with van der Waals surface area (Å²) < 4.78 is 6.13. The minimum atomic E-state index is -0.710. The third kappa shape index (κ3) is 4.01. The molecule has 0 bridgehead atoms. The summed E-state index contributed by atoms with van der Waals surface area (Å²) >= 11 is 0. The maximum atomic E-state index is 11.1. The van der Waals surface area contributed by atoms with Crippen LogP contribution in [0.25, 0.3) is 0 Å². The van der Waals surface area contributed by atoms with E-state index in [2.05, 4.69) is 18.0 Å². The number of benzene rings is 1. The molecule has 1 aliphatic carbocycles. The number of hydrogen-bond donors (Lipinski definition) is 1. The summed E-state index contributed by atoms with van der Waals surface area (Å²) in [5.41, 5.74) is 1.12. The highest BCUT2D eigenvalue weighted by atomic mass is 16.5. The van der Waals surface area contributed by atoms with E-state index in [1.807, 2.05) is 18.2 Å². The maximum absolute atomic E-state index is 11.1. The smallest absolute Gasteiger partial charge is 0.303 e. The molecule has 1 N–H and O–H groups in total. The Balaban J connectivity index is 1.67. The molecule has 22 heavy (non-hydrogen) atoms. The van der Waals surface area contributed by atoms with Crippen LogP contribution < -0.4 is 4.74 Å². The zero-order chi connectivity index (χ0) is 15.5. The average molecular weight is 303 g/mol. The molecule has 1 aromatic rings. The van der Waals surface area contributed by atoms with Crippen LogP contribution in [0.1, 0.15) is 43.6 Å². The predicted octanol–water partition coefficient (Wildman–Crippen LogP) is 3.13. The molecular formula is C18H25NO3. The Morgan fingerprint density at radius 3 is 2.68 bits per heavy atom. The third-order valence-corrected chi connectivity index (χ3v) is 4.84. The predicted molar refractivity (Wildman–Crippen MR) is 85.3 cm³/mol. The van der Waals surface area contributed by atoms with Crippen molar-refractivity contribution in [2.45, 2.75) is 44.1 Å². The van der Waals surface area contributed by atoms with Crippen molar-refractivity contribution in [3.63, 3.8) is 0 Å². The molecule has 2 fully saturated rings. The molecule has 4 heteroatoms. The van der Waals surface area contributed by atoms with Crippen molar-refractivity contribution < 1.29 is 14.6 Å². The SMILES string of the molecule is CN1CCC(Oc2cccc(C(CC(=O)O)C3CC3)c2)CC1. The topological polar surface area (TPSA) is 49.8 Å². The van der Waals surface area contributed by atoms with Gasteiger partial charge in [0.2, 0.25) is 0 Å². The molecular weight excluding hydrogens is 278 g/mol. The van der Waals surface area contributed by atoms with Gasteiger partial charge in [-0.2, -0.15) is 0 Å². The van der Waals surface area contributed by atoms with E-state index < -0.39 is 5.97 Å². The van der Waals surface area contributed by atoms with Crippen LogP contribution in [0.2, 0.25) is 0 Å². The second-order valence-electron chi connectivity index (χ2n) is 6.73. The Morgan fingerprint density at radius 2 is 2.05 bits per heavy atom. The quantitative estimate of drug-likeness (QED) is 0.877. The van der Waals surface area contributed by atoms with Crippen molar-refractivity contribution in [1.29, 1.82) is 0 Å². The normalized spacial score (nSPS) is 21.5. The van der Waals surface area contributed by atoms with Crippen molar-refractivity contribution in [2.75, 3.05) is 20.1 Å². The van der Waals surface area contributed by atoms with Crippen molar-refractivity contribution in [1.82, 2.24) is 4.90 Å². The fourth-order valence-electron chi connectivity index (χ4n) is 3.36. The number of likely N-dealkylation sites (tertiary alicyclic amines) is 1. The summed E-state index contributed by atoms with van der Waals surface area (Å²) in [6, 6.07) is 8.10. The van der Waals surface area contributed by atoms with Gasteiger partial charge in [-0.1, -0.05) is 12.1 Å². The zero-order valence-electron chi connectivity index (χ0n) is 13.2. The van der Waals surface area contributed by atoms with Crippen LogP contribution in [-0.4, -0.2) is 42.2 Å². The van der Waals surface area contributed by atoms with Gasteiger partial charge >= 0.3 is 5.97 Å². The van der Waals surface area contributed by atoms with Gasteiger partial charge in [-0.15, -0.1) is 0 Å². The molecule has 120 valence electrons. The number of carboxylic acid groups (broad SMARTS) is 1. The highest BCUT2D eigenvalue weighted by Crippen LogP contribution is 2.45. The number of nitrogens with zero attached hydrogens (tertiary/aromatic N) is 1. The first-order valence-electron chi connectivity index (χ1n) is 8.29. The van der Waals surface area contributed by atoms with E-state index >= 15 is 0 Å². The second kappa shape index (κ2) is 6.69. The van der Waals surface area contributed by atoms with E-state index in [9.17, 15) is 4.79 Å². The van der Waals surface area contributed by atoms with Crippen molar-refractivity contribution in [3.05, 3.63) is 29.8 Å². The van der Waals surface area contributed by atoms with Gasteiger partial charge in [0.15, 0.2) is 0 Å². The number of aliphatic carboxylic acids is 1. The highest BCUT2D eigenvalue weighted by Gasteiger charge is 2.34. The number of piperidine rings is 1. The van der Waals surface area contributed by atoms with Crippen LogP contribution in [0.5, 0.6) is 5.75 Å². The van der Waals surface area contributed by atoms with E-state index in [-0.39, 0.29) is 18.4 Å². The van der Waals surface area contributed by atoms with Gasteiger partial charge in [-0.25, -0.2) is 0 Å². The summed E-state index contributed by atoms with van der Waals surface area (Å²) in [6.45, 7) is 2.15. The monoisotopic (exact) mass is 303 g/mol. The standard InChI is InChI=1S/C18H25NO3/c1-19-9-7-15(8-10-19)22-16-4-2-3-14(11-16)17(12-18(20)21)13-5-6-13/h2-4,11,13,15,17H,5-10,12H2,1H3,(H,20,21). The van der Waals surface area contributed by atoms with Gasteiger partial charge in [0, 0.05) is 13.1 Å². The number of carboxylic acids is 1. The lowest BCUT2D eigenvalue weighted by molar-refractivity contribution is -0.137. The molecule has 1 aliphatic heterocycles. The molecule has 0 aromatic heterocycles. The van der Waals surface area contributed by atoms with Crippen LogP contribution in [-0.2, 0) is 4.79 Å². The van der Waals surface area contributed by atoms with Gasteiger partial charge in [0.05, 0.1) is 6.42 Å². The molecule has 1 atom stereocenters. The molecule has 0 spiro atoms. The lowest BCUT2D eigenvalue weighted by Crippen LogP contribution is -2.35. The first kappa shape index (κ1) is 15.3. The molecule has 4 nitrogen and oxygen atoms in total. The molecule has 2 aliphatic rings. The van der Waals surface area contributed by atoms with E-state index in [0.29, 0.717) is 5.92 Å². The van der Waals surface area contributed by atoms with E-state index in [0.717, 1.165) is 50.1 Å². The summed E-state index contributed by atoms with van der Waals surface area (Å²) in [4.78, 5) is 13.4. The molecule has 1 saturated carbocycles. The van der Waals surface area contributed by atoms with Gasteiger partial charge in [-0.05, 0) is 62.3 Å². The number of carbonyl (C=O) groups is 1. The minimum Gasteiger partial charge on any atom is -0.490 e. The Hall–Kier alpha value is -1.55. The zero-order valence-corrected chi connectivity index (χ0v) is 13.2. The highest BCUT2D eigenvalue weighted by molar-refractivity contribution is 5.68. The van der Waals surface area contributed by atoms with Crippen LogP contribution in [0.4, 0.5) is 0 Å². The summed E-state index contributed by atoms with van der Waals surface area (Å²) in [5, 5.41) is 9.14. The van der Waals surface area contributed by atoms with Crippen LogP contribution in [0.15, 0.2) is 24.3 Å². The second-order valence-corrected chi connectivity index (χ2v) is 6.73. The average Bonchev–Trinajstić information content (AvgIpc) is 3.32. The third-order valence-electron chi connectivity index (χ3n) is 4.84. The van der Waals surface area contributed by atoms with Crippen molar-refractivity contribution >= 4 is 5.97 Å². The Labute approximate surface area is 132 Å². The van der Waals surface area contributed by atoms with Crippen LogP contribution in [0, 0.1) is 5.92 Å². The Bertz CT molecular complexity index is 519. The minimum absolute atomic E-state index is 0.138. The van der Waals surface area contributed by atoms with E-state index in [1.54, 1.807) is 0 Å². The molecule has 1 saturated heterocycles. The Kier molecular flexibility index (Phi) is 4.67. The fourth-order valence-corrected chi connectivity index (χ4v) is 3.36. The first-order chi connectivity index (χ1) is 10.6. The summed E-state index contributed by atoms with van der Waals surface area (Å²) in [6.07, 6.45) is 4.92. The molecule has 0 radical (unpaired) electrons. The lowest BCUT2D eigenvalue weighted by atomic mass is 9.91. The van der Waals surface area contributed by atoms with E-state index in [1.165, 1.54) is 0 Å². The lowest BCUT2D eigenvalue weighted by Gasteiger charge is -2.29. The van der Waals surface area contributed by atoms with Gasteiger partial charge < -0.3 is 14.7 Å². The van der Waals surface area contributed by atoms with E-state index in [4.69, 9.17) is 9.84 Å². The van der Waals surface area contributed by atoms with Crippen molar-refractivity contribution in [2.24, 2.45) is 5.92 Å².